The third-order valence-corrected chi connectivity index (χ3v) is 3.89. The summed E-state index contributed by atoms with van der Waals surface area (Å²) < 4.78 is 0.842. The van der Waals surface area contributed by atoms with Gasteiger partial charge in [0.05, 0.1) is 5.69 Å². The molecule has 0 heterocycles. The summed E-state index contributed by atoms with van der Waals surface area (Å²) in [4.78, 5) is 10.6. The highest BCUT2D eigenvalue weighted by Crippen LogP contribution is 2.24. The van der Waals surface area contributed by atoms with Crippen molar-refractivity contribution in [3.63, 3.8) is 0 Å². The monoisotopic (exact) mass is 390 g/mol. The zero-order chi connectivity index (χ0) is 16.7. The minimum absolute atomic E-state index is 0.494. The second-order valence-electron chi connectivity index (χ2n) is 4.70. The zero-order valence-corrected chi connectivity index (χ0v) is 14.5. The van der Waals surface area contributed by atoms with Gasteiger partial charge in [-0.2, -0.15) is 0 Å². The van der Waals surface area contributed by atoms with Crippen LogP contribution in [-0.4, -0.2) is 16.2 Å². The number of thiocarbonyl (C=S) groups is 1. The molecule has 2 aromatic rings. The number of carboxylic acid groups (broad SMARTS) is 1. The molecule has 3 N–H and O–H groups in total. The van der Waals surface area contributed by atoms with Crippen molar-refractivity contribution >= 4 is 51.0 Å². The topological polar surface area (TPSA) is 61.4 Å². The Labute approximate surface area is 148 Å². The van der Waals surface area contributed by atoms with Crippen molar-refractivity contribution in [2.24, 2.45) is 0 Å². The molecule has 0 aliphatic heterocycles. The molecule has 0 unspecified atom stereocenters. The van der Waals surface area contributed by atoms with Gasteiger partial charge in [-0.3, -0.25) is 0 Å². The number of hydrogen-bond acceptors (Lipinski definition) is 2. The van der Waals surface area contributed by atoms with Crippen LogP contribution in [0.2, 0.25) is 0 Å². The molecule has 0 fully saturated rings. The number of anilines is 1. The van der Waals surface area contributed by atoms with Crippen molar-refractivity contribution in [1.29, 1.82) is 0 Å². The van der Waals surface area contributed by atoms with E-state index >= 15 is 0 Å². The molecule has 23 heavy (non-hydrogen) atoms. The van der Waals surface area contributed by atoms with Crippen LogP contribution >= 0.6 is 28.1 Å². The summed E-state index contributed by atoms with van der Waals surface area (Å²) in [6.45, 7) is 0.628. The van der Waals surface area contributed by atoms with Crippen LogP contribution in [0, 0.1) is 0 Å². The second-order valence-corrected chi connectivity index (χ2v) is 5.97. The van der Waals surface area contributed by atoms with E-state index in [0.29, 0.717) is 11.7 Å². The fourth-order valence-electron chi connectivity index (χ4n) is 1.85. The molecular weight excluding hydrogens is 376 g/mol. The number of benzene rings is 2. The highest BCUT2D eigenvalue weighted by atomic mass is 79.9. The molecule has 0 aliphatic carbocycles. The first-order valence-electron chi connectivity index (χ1n) is 6.84. The third-order valence-electron chi connectivity index (χ3n) is 2.95. The van der Waals surface area contributed by atoms with Crippen LogP contribution in [0.3, 0.4) is 0 Å². The highest BCUT2D eigenvalue weighted by Gasteiger charge is 2.03. The Kier molecular flexibility index (Phi) is 6.31. The Bertz CT molecular complexity index is 733. The molecule has 0 bridgehead atoms. The third kappa shape index (κ3) is 5.84. The molecule has 0 amide bonds. The molecule has 118 valence electrons. The molecule has 4 nitrogen and oxygen atoms in total. The summed E-state index contributed by atoms with van der Waals surface area (Å²) in [5.74, 6) is -0.984. The minimum Gasteiger partial charge on any atom is -0.478 e. The van der Waals surface area contributed by atoms with Crippen molar-refractivity contribution in [2.75, 3.05) is 5.32 Å². The van der Waals surface area contributed by atoms with E-state index in [-0.39, 0.29) is 0 Å². The van der Waals surface area contributed by atoms with Gasteiger partial charge in [0.2, 0.25) is 0 Å². The molecule has 0 radical (unpaired) electrons. The van der Waals surface area contributed by atoms with E-state index in [1.54, 1.807) is 0 Å². The van der Waals surface area contributed by atoms with Crippen LogP contribution in [0.5, 0.6) is 0 Å². The smallest absolute Gasteiger partial charge is 0.328 e. The van der Waals surface area contributed by atoms with Gasteiger partial charge in [0.25, 0.3) is 0 Å². The number of rotatable bonds is 5. The van der Waals surface area contributed by atoms with Crippen LogP contribution in [0.25, 0.3) is 6.08 Å². The predicted molar refractivity (Wildman–Crippen MR) is 100 cm³/mol. The van der Waals surface area contributed by atoms with Crippen LogP contribution < -0.4 is 10.6 Å². The quantitative estimate of drug-likeness (QED) is 0.531. The molecule has 0 saturated heterocycles. The average molecular weight is 391 g/mol. The fourth-order valence-corrected chi connectivity index (χ4v) is 2.38. The van der Waals surface area contributed by atoms with Crippen molar-refractivity contribution in [1.82, 2.24) is 5.32 Å². The SMILES string of the molecule is O=C(O)/C=C/c1ccc(Br)c(NC(=S)NCc2ccccc2)c1. The number of halogens is 1. The van der Waals surface area contributed by atoms with Gasteiger partial charge in [0.15, 0.2) is 5.11 Å². The Morgan fingerprint density at radius 2 is 1.96 bits per heavy atom. The average Bonchev–Trinajstić information content (AvgIpc) is 2.54. The van der Waals surface area contributed by atoms with Crippen molar-refractivity contribution < 1.29 is 9.90 Å². The van der Waals surface area contributed by atoms with E-state index in [4.69, 9.17) is 17.3 Å². The summed E-state index contributed by atoms with van der Waals surface area (Å²) in [6.07, 6.45) is 2.62. The summed E-state index contributed by atoms with van der Waals surface area (Å²) in [6, 6.07) is 15.4. The number of aliphatic carboxylic acids is 1. The van der Waals surface area contributed by atoms with Crippen LogP contribution in [0.4, 0.5) is 5.69 Å². The largest absolute Gasteiger partial charge is 0.478 e. The van der Waals surface area contributed by atoms with Gasteiger partial charge in [-0.05, 0) is 57.5 Å². The molecule has 0 aromatic heterocycles. The maximum absolute atomic E-state index is 10.6. The molecule has 0 atom stereocenters. The Morgan fingerprint density at radius 3 is 2.65 bits per heavy atom. The Balaban J connectivity index is 1.99. The van der Waals surface area contributed by atoms with Crippen molar-refractivity contribution in [3.05, 3.63) is 70.2 Å². The molecule has 6 heteroatoms. The first kappa shape index (κ1) is 17.2. The Morgan fingerprint density at radius 1 is 1.22 bits per heavy atom. The summed E-state index contributed by atoms with van der Waals surface area (Å²) >= 11 is 8.73. The lowest BCUT2D eigenvalue weighted by Crippen LogP contribution is -2.28. The van der Waals surface area contributed by atoms with E-state index in [0.717, 1.165) is 27.4 Å². The van der Waals surface area contributed by atoms with Gasteiger partial charge in [0, 0.05) is 17.1 Å². The molecule has 2 rings (SSSR count). The van der Waals surface area contributed by atoms with Gasteiger partial charge in [-0.25, -0.2) is 4.79 Å². The minimum atomic E-state index is -0.984. The maximum Gasteiger partial charge on any atom is 0.328 e. The first-order valence-corrected chi connectivity index (χ1v) is 8.04. The number of carbonyl (C=O) groups is 1. The maximum atomic E-state index is 10.6. The lowest BCUT2D eigenvalue weighted by atomic mass is 10.2. The highest BCUT2D eigenvalue weighted by molar-refractivity contribution is 9.10. The number of carboxylic acids is 1. The van der Waals surface area contributed by atoms with Gasteiger partial charge >= 0.3 is 5.97 Å². The normalized spacial score (nSPS) is 10.5. The standard InChI is InChI=1S/C17H15BrN2O2S/c18-14-8-6-12(7-9-16(21)22)10-15(14)20-17(23)19-11-13-4-2-1-3-5-13/h1-10H,11H2,(H,21,22)(H2,19,20,23)/b9-7+. The summed E-state index contributed by atoms with van der Waals surface area (Å²) in [7, 11) is 0. The summed E-state index contributed by atoms with van der Waals surface area (Å²) in [5, 5.41) is 15.4. The van der Waals surface area contributed by atoms with Gasteiger partial charge in [-0.15, -0.1) is 0 Å². The molecule has 0 spiro atoms. The molecule has 0 aliphatic rings. The number of hydrogen-bond donors (Lipinski definition) is 3. The molecule has 2 aromatic carbocycles. The van der Waals surface area contributed by atoms with E-state index < -0.39 is 5.97 Å². The van der Waals surface area contributed by atoms with E-state index in [2.05, 4.69) is 26.6 Å². The van der Waals surface area contributed by atoms with E-state index in [1.807, 2.05) is 48.5 Å². The van der Waals surface area contributed by atoms with Gasteiger partial charge in [-0.1, -0.05) is 36.4 Å². The van der Waals surface area contributed by atoms with Crippen LogP contribution in [0.1, 0.15) is 11.1 Å². The van der Waals surface area contributed by atoms with Crippen LogP contribution in [-0.2, 0) is 11.3 Å². The van der Waals surface area contributed by atoms with Gasteiger partial charge in [0.1, 0.15) is 0 Å². The van der Waals surface area contributed by atoms with E-state index in [9.17, 15) is 4.79 Å². The second kappa shape index (κ2) is 8.45. The summed E-state index contributed by atoms with van der Waals surface area (Å²) in [5.41, 5.74) is 2.67. The van der Waals surface area contributed by atoms with Crippen LogP contribution in [0.15, 0.2) is 59.1 Å². The number of nitrogens with one attached hydrogen (secondary N) is 2. The fraction of sp³-hybridized carbons (Fsp3) is 0.0588. The molecular formula is C17H15BrN2O2S. The Hall–Kier alpha value is -2.18. The zero-order valence-electron chi connectivity index (χ0n) is 12.1. The predicted octanol–water partition coefficient (Wildman–Crippen LogP) is 4.03. The first-order chi connectivity index (χ1) is 11.0. The van der Waals surface area contributed by atoms with Crippen molar-refractivity contribution in [3.8, 4) is 0 Å². The lowest BCUT2D eigenvalue weighted by molar-refractivity contribution is -0.131. The molecule has 0 saturated carbocycles. The van der Waals surface area contributed by atoms with Gasteiger partial charge < -0.3 is 15.7 Å². The lowest BCUT2D eigenvalue weighted by Gasteiger charge is -2.12. The van der Waals surface area contributed by atoms with Crippen molar-refractivity contribution in [2.45, 2.75) is 6.54 Å². The van der Waals surface area contributed by atoms with E-state index in [1.165, 1.54) is 6.08 Å².